The second kappa shape index (κ2) is 10.6. The van der Waals surface area contributed by atoms with Crippen molar-refractivity contribution in [1.29, 1.82) is 0 Å². The Balaban J connectivity index is 1.63. The van der Waals surface area contributed by atoms with Gasteiger partial charge in [0.05, 0.1) is 28.4 Å². The van der Waals surface area contributed by atoms with E-state index in [1.807, 2.05) is 49.3 Å². The minimum Gasteiger partial charge on any atom is -0.506 e. The molecule has 0 saturated carbocycles. The number of furan rings is 1. The van der Waals surface area contributed by atoms with Gasteiger partial charge in [0.15, 0.2) is 5.17 Å². The summed E-state index contributed by atoms with van der Waals surface area (Å²) < 4.78 is 6.75. The number of phenols is 1. The summed E-state index contributed by atoms with van der Waals surface area (Å²) in [5.74, 6) is 0.507. The molecule has 2 heterocycles. The molecule has 1 fully saturated rings. The lowest BCUT2D eigenvalue weighted by molar-refractivity contribution is -0.122. The third kappa shape index (κ3) is 5.63. The molecule has 2 aromatic carbocycles. The fraction of sp³-hybridized carbons (Fsp3) is 0.125. The molecule has 1 saturated heterocycles. The van der Waals surface area contributed by atoms with E-state index in [9.17, 15) is 9.90 Å². The minimum absolute atomic E-state index is 0.0523. The highest BCUT2D eigenvalue weighted by molar-refractivity contribution is 9.11. The van der Waals surface area contributed by atoms with Gasteiger partial charge in [-0.1, -0.05) is 28.1 Å². The summed E-state index contributed by atoms with van der Waals surface area (Å²) in [4.78, 5) is 17.3. The smallest absolute Gasteiger partial charge is 0.267 e. The third-order valence-corrected chi connectivity index (χ3v) is 6.95. The molecule has 3 aromatic rings. The van der Waals surface area contributed by atoms with Crippen LogP contribution in [0, 0.1) is 0 Å². The van der Waals surface area contributed by atoms with E-state index < -0.39 is 0 Å². The van der Waals surface area contributed by atoms with Crippen molar-refractivity contribution in [2.75, 3.05) is 19.0 Å². The first-order valence-corrected chi connectivity index (χ1v) is 12.5. The van der Waals surface area contributed by atoms with Gasteiger partial charge in [-0.15, -0.1) is 5.10 Å². The number of benzene rings is 2. The van der Waals surface area contributed by atoms with Gasteiger partial charge in [-0.3, -0.25) is 9.69 Å². The molecule has 34 heavy (non-hydrogen) atoms. The Bertz CT molecular complexity index is 1290. The summed E-state index contributed by atoms with van der Waals surface area (Å²) in [6.07, 6.45) is 4.84. The topological polar surface area (TPSA) is 81.6 Å². The molecule has 1 aromatic heterocycles. The summed E-state index contributed by atoms with van der Waals surface area (Å²) in [5.41, 5.74) is 2.47. The Morgan fingerprint density at radius 1 is 1.18 bits per heavy atom. The highest BCUT2D eigenvalue weighted by Crippen LogP contribution is 2.34. The predicted octanol–water partition coefficient (Wildman–Crippen LogP) is 6.08. The van der Waals surface area contributed by atoms with Crippen molar-refractivity contribution in [1.82, 2.24) is 4.90 Å². The second-order valence-corrected chi connectivity index (χ2v) is 10.3. The van der Waals surface area contributed by atoms with Crippen LogP contribution in [0.3, 0.4) is 0 Å². The van der Waals surface area contributed by atoms with E-state index in [0.29, 0.717) is 25.9 Å². The number of hydrogen-bond acceptors (Lipinski definition) is 7. The SMILES string of the molecule is CN(C)c1ccc(/C=C2\S/C(=N/N=C\c3cc(Br)cc(Br)c3O)N(Cc3ccco3)C2=O)cc1. The number of amidine groups is 1. The van der Waals surface area contributed by atoms with Crippen molar-refractivity contribution >= 4 is 72.7 Å². The van der Waals surface area contributed by atoms with Gasteiger partial charge in [0.25, 0.3) is 5.91 Å². The number of amides is 1. The van der Waals surface area contributed by atoms with Crippen LogP contribution in [0.25, 0.3) is 6.08 Å². The summed E-state index contributed by atoms with van der Waals surface area (Å²) in [5, 5.41) is 19.1. The van der Waals surface area contributed by atoms with Crippen molar-refractivity contribution < 1.29 is 14.3 Å². The quantitative estimate of drug-likeness (QED) is 0.210. The molecule has 0 radical (unpaired) electrons. The van der Waals surface area contributed by atoms with Crippen LogP contribution in [0.15, 0.2) is 83.3 Å². The molecule has 0 bridgehead atoms. The van der Waals surface area contributed by atoms with Crippen LogP contribution >= 0.6 is 43.6 Å². The summed E-state index contributed by atoms with van der Waals surface area (Å²) in [7, 11) is 3.96. The van der Waals surface area contributed by atoms with E-state index in [0.717, 1.165) is 15.7 Å². The van der Waals surface area contributed by atoms with Crippen molar-refractivity contribution in [2.24, 2.45) is 10.2 Å². The molecule has 0 unspecified atom stereocenters. The Morgan fingerprint density at radius 2 is 1.94 bits per heavy atom. The lowest BCUT2D eigenvalue weighted by Crippen LogP contribution is -2.28. The van der Waals surface area contributed by atoms with Crippen LogP contribution in [0.4, 0.5) is 5.69 Å². The number of nitrogens with zero attached hydrogens (tertiary/aromatic N) is 4. The number of anilines is 1. The zero-order valence-electron chi connectivity index (χ0n) is 18.3. The largest absolute Gasteiger partial charge is 0.506 e. The van der Waals surface area contributed by atoms with Crippen molar-refractivity contribution in [3.63, 3.8) is 0 Å². The lowest BCUT2D eigenvalue weighted by atomic mass is 10.2. The van der Waals surface area contributed by atoms with E-state index in [-0.39, 0.29) is 18.2 Å². The van der Waals surface area contributed by atoms with E-state index in [2.05, 4.69) is 42.1 Å². The van der Waals surface area contributed by atoms with Crippen LogP contribution in [0.2, 0.25) is 0 Å². The van der Waals surface area contributed by atoms with Crippen LogP contribution in [0.1, 0.15) is 16.9 Å². The Morgan fingerprint density at radius 3 is 2.62 bits per heavy atom. The number of carbonyl (C=O) groups excluding carboxylic acids is 1. The zero-order chi connectivity index (χ0) is 24.2. The number of halogens is 2. The van der Waals surface area contributed by atoms with Crippen LogP contribution in [-0.4, -0.2) is 41.4 Å². The molecular weight excluding hydrogens is 584 g/mol. The molecule has 4 rings (SSSR count). The molecule has 0 aliphatic carbocycles. The zero-order valence-corrected chi connectivity index (χ0v) is 22.3. The van der Waals surface area contributed by atoms with Crippen molar-refractivity contribution in [2.45, 2.75) is 6.54 Å². The minimum atomic E-state index is -0.180. The maximum atomic E-state index is 13.2. The number of aromatic hydroxyl groups is 1. The summed E-state index contributed by atoms with van der Waals surface area (Å²) >= 11 is 7.93. The number of hydrogen-bond donors (Lipinski definition) is 1. The molecular formula is C24H20Br2N4O3S. The molecule has 10 heteroatoms. The van der Waals surface area contributed by atoms with Gasteiger partial charge < -0.3 is 14.4 Å². The molecule has 1 aliphatic heterocycles. The number of phenolic OH excluding ortho intramolecular Hbond substituents is 1. The highest BCUT2D eigenvalue weighted by atomic mass is 79.9. The highest BCUT2D eigenvalue weighted by Gasteiger charge is 2.34. The van der Waals surface area contributed by atoms with Gasteiger partial charge in [-0.2, -0.15) is 5.10 Å². The average molecular weight is 604 g/mol. The van der Waals surface area contributed by atoms with E-state index in [4.69, 9.17) is 4.42 Å². The maximum Gasteiger partial charge on any atom is 0.267 e. The summed E-state index contributed by atoms with van der Waals surface area (Å²) in [6.45, 7) is 0.234. The molecule has 1 amide bonds. The van der Waals surface area contributed by atoms with Crippen LogP contribution in [-0.2, 0) is 11.3 Å². The summed E-state index contributed by atoms with van der Waals surface area (Å²) in [6, 6.07) is 15.0. The van der Waals surface area contributed by atoms with Crippen molar-refractivity contribution in [3.05, 3.63) is 85.5 Å². The van der Waals surface area contributed by atoms with E-state index >= 15 is 0 Å². The third-order valence-electron chi connectivity index (χ3n) is 4.89. The maximum absolute atomic E-state index is 13.2. The molecule has 174 valence electrons. The standard InChI is InChI=1S/C24H20Br2N4O3S/c1-29(2)18-7-5-15(6-8-18)10-21-23(32)30(14-19-4-3-9-33-19)24(34-21)28-27-13-16-11-17(25)12-20(26)22(16)31/h3-13,31H,14H2,1-2H3/b21-10-,27-13-,28-24+. The Kier molecular flexibility index (Phi) is 7.60. The molecule has 0 spiro atoms. The van der Waals surface area contributed by atoms with Crippen molar-refractivity contribution in [3.8, 4) is 5.75 Å². The van der Waals surface area contributed by atoms with Gasteiger partial charge in [0.1, 0.15) is 11.5 Å². The Labute approximate surface area is 218 Å². The molecule has 1 N–H and O–H groups in total. The average Bonchev–Trinajstić information content (AvgIpc) is 3.41. The molecule has 0 atom stereocenters. The van der Waals surface area contributed by atoms with E-state index in [1.54, 1.807) is 30.5 Å². The van der Waals surface area contributed by atoms with Crippen LogP contribution in [0.5, 0.6) is 5.75 Å². The second-order valence-electron chi connectivity index (χ2n) is 7.52. The number of thioether (sulfide) groups is 1. The first-order chi connectivity index (χ1) is 16.3. The number of carbonyl (C=O) groups is 1. The predicted molar refractivity (Wildman–Crippen MR) is 144 cm³/mol. The van der Waals surface area contributed by atoms with Gasteiger partial charge in [-0.05, 0) is 75.7 Å². The molecule has 7 nitrogen and oxygen atoms in total. The van der Waals surface area contributed by atoms with Crippen LogP contribution < -0.4 is 4.90 Å². The Hall–Kier alpha value is -2.82. The molecule has 1 aliphatic rings. The van der Waals surface area contributed by atoms with Gasteiger partial charge in [-0.25, -0.2) is 0 Å². The number of rotatable bonds is 6. The fourth-order valence-electron chi connectivity index (χ4n) is 3.13. The normalized spacial score (nSPS) is 16.4. The fourth-order valence-corrected chi connectivity index (χ4v) is 5.32. The van der Waals surface area contributed by atoms with E-state index in [1.165, 1.54) is 22.9 Å². The first kappa shape index (κ1) is 24.3. The van der Waals surface area contributed by atoms with Gasteiger partial charge >= 0.3 is 0 Å². The monoisotopic (exact) mass is 602 g/mol. The lowest BCUT2D eigenvalue weighted by Gasteiger charge is -2.12. The van der Waals surface area contributed by atoms with Gasteiger partial charge in [0, 0.05) is 29.8 Å². The first-order valence-electron chi connectivity index (χ1n) is 10.1. The van der Waals surface area contributed by atoms with Gasteiger partial charge in [0.2, 0.25) is 0 Å².